The number of nitrogens with zero attached hydrogens (tertiary/aromatic N) is 4. The van der Waals surface area contributed by atoms with Crippen molar-refractivity contribution in [2.75, 3.05) is 9.80 Å². The van der Waals surface area contributed by atoms with Gasteiger partial charge in [0.15, 0.2) is 0 Å². The van der Waals surface area contributed by atoms with Crippen molar-refractivity contribution in [2.45, 2.75) is 131 Å². The third-order valence-corrected chi connectivity index (χ3v) is 16.9. The molecule has 3 aromatic heterocycles. The number of fused-ring (bicyclic) bond motifs is 8. The van der Waals surface area contributed by atoms with Crippen molar-refractivity contribution in [3.8, 4) is 39.6 Å². The zero-order valence-electron chi connectivity index (χ0n) is 54.2. The molecule has 1 aliphatic rings. The number of aromatic nitrogens is 2. The monoisotopic (exact) mass is 1270 g/mol. The van der Waals surface area contributed by atoms with Gasteiger partial charge < -0.3 is 19.1 Å². The SMILES string of the molecule is [2H]c1cc(C(C)(C)C)cc(-n2c3[c-]c(Oc4[c-]c(N5[CH-]N(c6c(-c7cc(C(C)(C)C)cc(C(C)(C)C)c7)cccc6-c6cc(C(C)(C)C)cc(C(C)(C)C)c6)c6ccccc65)ccc4)ccc3c3c4sc5c([2H])c([2H])c([2H])c([2H])c5c4ccc32)n1.[Pt]. The summed E-state index contributed by atoms with van der Waals surface area (Å²) in [4.78, 5) is 9.39. The van der Waals surface area contributed by atoms with E-state index >= 15 is 0 Å². The molecule has 414 valence electrons. The second-order valence-electron chi connectivity index (χ2n) is 26.8. The molecular weight excluding hydrogens is 1190 g/mol. The van der Waals surface area contributed by atoms with Crippen LogP contribution in [0.25, 0.3) is 70.0 Å². The molecule has 0 bridgehead atoms. The molecule has 0 saturated heterocycles. The largest absolute Gasteiger partial charge is 0.509 e. The average Bonchev–Trinajstić information content (AvgIpc) is 1.55. The van der Waals surface area contributed by atoms with Gasteiger partial charge in [-0.2, -0.15) is 12.1 Å². The Labute approximate surface area is 505 Å². The van der Waals surface area contributed by atoms with Crippen LogP contribution in [0.3, 0.4) is 0 Å². The standard InChI is InChI=1S/C74H73N4OS.Pt/c1-70(2,3)48-34-35-75-66(42-48)78-63-33-32-59-58-24-16-19-29-65(58)80-69(59)67(63)60-31-30-55(44-64(60)78)79-54-23-20-22-53(43-54)76-45-77(62-28-18-17-27-61(62)76)68-56(46-36-49(71(4,5)6)40-50(37-46)72(7,8)9)25-21-26-57(68)47-38-51(73(10,11)12)41-52(39-47)74(13,14)15;/h16-42,45H,1-15H3;/q-3;/i16D,19D,24D,29D,35D;. The molecule has 5 nitrogen and oxygen atoms in total. The van der Waals surface area contributed by atoms with Gasteiger partial charge in [0.2, 0.25) is 0 Å². The third-order valence-electron chi connectivity index (χ3n) is 15.8. The third kappa shape index (κ3) is 10.3. The van der Waals surface area contributed by atoms with Gasteiger partial charge in [0.25, 0.3) is 0 Å². The Kier molecular flexibility index (Phi) is 12.4. The van der Waals surface area contributed by atoms with E-state index in [-0.39, 0.29) is 78.5 Å². The normalized spacial score (nSPS) is 14.3. The molecule has 7 heteroatoms. The molecule has 4 heterocycles. The molecule has 0 amide bonds. The van der Waals surface area contributed by atoms with Gasteiger partial charge in [-0.15, -0.1) is 59.4 Å². The molecule has 0 saturated carbocycles. The predicted molar refractivity (Wildman–Crippen MR) is 341 cm³/mol. The van der Waals surface area contributed by atoms with E-state index in [4.69, 9.17) is 16.6 Å². The zero-order chi connectivity index (χ0) is 60.8. The summed E-state index contributed by atoms with van der Waals surface area (Å²) >= 11 is 1.36. The van der Waals surface area contributed by atoms with Crippen molar-refractivity contribution in [1.29, 1.82) is 0 Å². The summed E-state index contributed by atoms with van der Waals surface area (Å²) in [6.45, 7) is 36.2. The number of benzene rings is 8. The molecule has 0 spiro atoms. The van der Waals surface area contributed by atoms with E-state index in [9.17, 15) is 0 Å². The molecule has 0 radical (unpaired) electrons. The summed E-state index contributed by atoms with van der Waals surface area (Å²) in [5.41, 5.74) is 15.4. The van der Waals surface area contributed by atoms with E-state index in [1.807, 2.05) is 47.0 Å². The zero-order valence-corrected chi connectivity index (χ0v) is 52.3. The van der Waals surface area contributed by atoms with Crippen molar-refractivity contribution in [1.82, 2.24) is 9.55 Å². The minimum Gasteiger partial charge on any atom is -0.509 e. The Morgan fingerprint density at radius 2 is 1.06 bits per heavy atom. The fourth-order valence-electron chi connectivity index (χ4n) is 11.0. The number of anilines is 4. The fraction of sp³-hybridized carbons (Fsp3) is 0.270. The van der Waals surface area contributed by atoms with Crippen molar-refractivity contribution in [3.63, 3.8) is 0 Å². The van der Waals surface area contributed by atoms with Crippen LogP contribution in [0, 0.1) is 18.8 Å². The minimum absolute atomic E-state index is 0. The summed E-state index contributed by atoms with van der Waals surface area (Å²) in [6, 6.07) is 54.0. The Morgan fingerprint density at radius 1 is 0.519 bits per heavy atom. The van der Waals surface area contributed by atoms with E-state index in [1.165, 1.54) is 33.6 Å². The van der Waals surface area contributed by atoms with Crippen LogP contribution in [0.1, 0.15) is 139 Å². The molecule has 0 aliphatic carbocycles. The minimum atomic E-state index is -0.279. The van der Waals surface area contributed by atoms with Crippen LogP contribution >= 0.6 is 11.3 Å². The average molecular weight is 1270 g/mol. The quantitative estimate of drug-likeness (QED) is 0.149. The molecule has 12 rings (SSSR count). The van der Waals surface area contributed by atoms with Gasteiger partial charge in [-0.25, -0.2) is 4.98 Å². The molecule has 8 aromatic carbocycles. The number of hydrogen-bond acceptors (Lipinski definition) is 5. The number of thiophene rings is 1. The van der Waals surface area contributed by atoms with Crippen LogP contribution in [-0.4, -0.2) is 9.55 Å². The first-order valence-corrected chi connectivity index (χ1v) is 28.7. The first-order valence-electron chi connectivity index (χ1n) is 30.4. The topological polar surface area (TPSA) is 33.5 Å². The fourth-order valence-corrected chi connectivity index (χ4v) is 12.1. The number of pyridine rings is 1. The van der Waals surface area contributed by atoms with Crippen LogP contribution < -0.4 is 14.5 Å². The van der Waals surface area contributed by atoms with Gasteiger partial charge in [0, 0.05) is 92.6 Å². The first kappa shape index (κ1) is 49.8. The molecule has 1 aliphatic heterocycles. The van der Waals surface area contributed by atoms with Gasteiger partial charge >= 0.3 is 0 Å². The number of ether oxygens (including phenoxy) is 1. The van der Waals surface area contributed by atoms with Crippen molar-refractivity contribution < 1.29 is 32.7 Å². The number of rotatable bonds is 7. The Hall–Kier alpha value is -6.98. The summed E-state index contributed by atoms with van der Waals surface area (Å²) in [7, 11) is 0. The van der Waals surface area contributed by atoms with Crippen LogP contribution in [0.2, 0.25) is 0 Å². The Morgan fingerprint density at radius 3 is 1.65 bits per heavy atom. The van der Waals surface area contributed by atoms with Gasteiger partial charge in [-0.1, -0.05) is 200 Å². The van der Waals surface area contributed by atoms with E-state index < -0.39 is 0 Å². The van der Waals surface area contributed by atoms with Gasteiger partial charge in [0.05, 0.1) is 6.85 Å². The van der Waals surface area contributed by atoms with Crippen LogP contribution in [-0.2, 0) is 48.1 Å². The van der Waals surface area contributed by atoms with E-state index in [2.05, 4.69) is 217 Å². The van der Waals surface area contributed by atoms with Crippen molar-refractivity contribution >= 4 is 76.1 Å². The molecule has 0 atom stereocenters. The Balaban J connectivity index is 0.00000768. The van der Waals surface area contributed by atoms with E-state index in [0.29, 0.717) is 32.9 Å². The van der Waals surface area contributed by atoms with Crippen LogP contribution in [0.4, 0.5) is 22.7 Å². The van der Waals surface area contributed by atoms with Crippen molar-refractivity contribution in [3.05, 3.63) is 210 Å². The molecular formula is C74H73N4OPtS-3. The smallest absolute Gasteiger partial charge is 0.135 e. The number of para-hydroxylation sites is 3. The maximum Gasteiger partial charge on any atom is 0.135 e. The van der Waals surface area contributed by atoms with Crippen LogP contribution in [0.15, 0.2) is 164 Å². The van der Waals surface area contributed by atoms with E-state index in [0.717, 1.165) is 76.9 Å². The van der Waals surface area contributed by atoms with Gasteiger partial charge in [0.1, 0.15) is 5.82 Å². The summed E-state index contributed by atoms with van der Waals surface area (Å²) in [5.74, 6) is 1.48. The summed E-state index contributed by atoms with van der Waals surface area (Å²) in [6.07, 6.45) is 0.134. The van der Waals surface area contributed by atoms with E-state index in [1.54, 1.807) is 6.07 Å². The molecule has 0 N–H and O–H groups in total. The summed E-state index contributed by atoms with van der Waals surface area (Å²) < 4.78 is 54.0. The maximum absolute atomic E-state index is 8.95. The number of hydrogen-bond donors (Lipinski definition) is 0. The first-order chi connectivity index (χ1) is 39.8. The molecule has 11 aromatic rings. The van der Waals surface area contributed by atoms with Crippen molar-refractivity contribution in [2.24, 2.45) is 0 Å². The second kappa shape index (κ2) is 20.2. The van der Waals surface area contributed by atoms with Crippen LogP contribution in [0.5, 0.6) is 11.5 Å². The molecule has 0 fully saturated rings. The van der Waals surface area contributed by atoms with Gasteiger partial charge in [-0.3, -0.25) is 0 Å². The predicted octanol–water partition coefficient (Wildman–Crippen LogP) is 21.2. The Bertz CT molecular complexity index is 4390. The van der Waals surface area contributed by atoms with Gasteiger partial charge in [-0.05, 0) is 108 Å². The maximum atomic E-state index is 8.95. The second-order valence-corrected chi connectivity index (χ2v) is 27.8. The summed E-state index contributed by atoms with van der Waals surface area (Å²) in [5, 5.41) is 2.95. The molecule has 81 heavy (non-hydrogen) atoms. The molecule has 0 unspecified atom stereocenters.